The molecule has 160 valence electrons. The SMILES string of the molecule is COCCOc1cccc(N2CCC3(CCN(C(=O)OC(C)(C)C)CC3)C2=O)n1. The first-order valence-corrected chi connectivity index (χ1v) is 10.1. The fourth-order valence-electron chi connectivity index (χ4n) is 3.81. The Morgan fingerprint density at radius 2 is 1.83 bits per heavy atom. The summed E-state index contributed by atoms with van der Waals surface area (Å²) in [5.74, 6) is 1.17. The second kappa shape index (κ2) is 8.57. The Morgan fingerprint density at radius 3 is 2.48 bits per heavy atom. The van der Waals surface area contributed by atoms with Gasteiger partial charge in [0.05, 0.1) is 12.0 Å². The Hall–Kier alpha value is -2.35. The highest BCUT2D eigenvalue weighted by Crippen LogP contribution is 2.43. The topological polar surface area (TPSA) is 81.2 Å². The molecule has 0 unspecified atom stereocenters. The lowest BCUT2D eigenvalue weighted by atomic mass is 9.77. The minimum Gasteiger partial charge on any atom is -0.475 e. The van der Waals surface area contributed by atoms with Crippen LogP contribution in [0.15, 0.2) is 18.2 Å². The maximum absolute atomic E-state index is 13.3. The van der Waals surface area contributed by atoms with E-state index in [2.05, 4.69) is 4.98 Å². The van der Waals surface area contributed by atoms with Crippen LogP contribution in [0.2, 0.25) is 0 Å². The molecule has 2 fully saturated rings. The molecule has 2 aliphatic heterocycles. The van der Waals surface area contributed by atoms with Gasteiger partial charge < -0.3 is 19.1 Å². The number of pyridine rings is 1. The molecular formula is C21H31N3O5. The molecule has 29 heavy (non-hydrogen) atoms. The number of aromatic nitrogens is 1. The van der Waals surface area contributed by atoms with Crippen LogP contribution < -0.4 is 9.64 Å². The summed E-state index contributed by atoms with van der Waals surface area (Å²) >= 11 is 0. The number of carbonyl (C=O) groups excluding carboxylic acids is 2. The van der Waals surface area contributed by atoms with Gasteiger partial charge in [0.2, 0.25) is 11.8 Å². The standard InChI is InChI=1S/C21H31N3O5/c1-20(2,3)29-19(26)23-11-8-21(9-12-23)10-13-24(18(21)25)16-6-5-7-17(22-16)28-15-14-27-4/h5-7H,8-15H2,1-4H3. The maximum atomic E-state index is 13.3. The summed E-state index contributed by atoms with van der Waals surface area (Å²) in [6, 6.07) is 5.44. The van der Waals surface area contributed by atoms with Crippen LogP contribution in [-0.4, -0.2) is 67.4 Å². The van der Waals surface area contributed by atoms with Crippen LogP contribution in [0.25, 0.3) is 0 Å². The minimum atomic E-state index is -0.520. The number of hydrogen-bond donors (Lipinski definition) is 0. The first-order valence-electron chi connectivity index (χ1n) is 10.1. The van der Waals surface area contributed by atoms with Crippen molar-refractivity contribution in [3.8, 4) is 5.88 Å². The predicted molar refractivity (Wildman–Crippen MR) is 108 cm³/mol. The van der Waals surface area contributed by atoms with E-state index < -0.39 is 11.0 Å². The van der Waals surface area contributed by atoms with Crippen LogP contribution >= 0.6 is 0 Å². The normalized spacial score (nSPS) is 19.0. The van der Waals surface area contributed by atoms with Crippen molar-refractivity contribution in [1.29, 1.82) is 0 Å². The van der Waals surface area contributed by atoms with Crippen LogP contribution in [0.1, 0.15) is 40.0 Å². The van der Waals surface area contributed by atoms with Gasteiger partial charge >= 0.3 is 6.09 Å². The third-order valence-electron chi connectivity index (χ3n) is 5.41. The van der Waals surface area contributed by atoms with Gasteiger partial charge in [0.15, 0.2) is 0 Å². The number of amides is 2. The van der Waals surface area contributed by atoms with Gasteiger partial charge in [0, 0.05) is 32.8 Å². The second-order valence-electron chi connectivity index (χ2n) is 8.63. The van der Waals surface area contributed by atoms with E-state index in [-0.39, 0.29) is 12.0 Å². The number of ether oxygens (including phenoxy) is 3. The smallest absolute Gasteiger partial charge is 0.410 e. The number of piperidine rings is 1. The lowest BCUT2D eigenvalue weighted by Crippen LogP contribution is -2.48. The fourth-order valence-corrected chi connectivity index (χ4v) is 3.81. The van der Waals surface area contributed by atoms with Crippen molar-refractivity contribution in [3.63, 3.8) is 0 Å². The molecule has 8 heteroatoms. The number of rotatable bonds is 5. The molecule has 1 aromatic rings. The van der Waals surface area contributed by atoms with Gasteiger partial charge in [-0.3, -0.25) is 9.69 Å². The van der Waals surface area contributed by atoms with Gasteiger partial charge in [-0.25, -0.2) is 4.79 Å². The quantitative estimate of drug-likeness (QED) is 0.701. The molecule has 0 atom stereocenters. The van der Waals surface area contributed by atoms with Crippen LogP contribution in [0.4, 0.5) is 10.6 Å². The van der Waals surface area contributed by atoms with E-state index in [0.29, 0.717) is 57.4 Å². The number of nitrogens with zero attached hydrogens (tertiary/aromatic N) is 3. The Bertz CT molecular complexity index is 738. The summed E-state index contributed by atoms with van der Waals surface area (Å²) in [5, 5.41) is 0. The summed E-state index contributed by atoms with van der Waals surface area (Å²) < 4.78 is 16.0. The molecule has 2 amide bonds. The number of anilines is 1. The molecule has 1 aromatic heterocycles. The first-order chi connectivity index (χ1) is 13.7. The minimum absolute atomic E-state index is 0.0860. The van der Waals surface area contributed by atoms with E-state index in [1.54, 1.807) is 23.0 Å². The summed E-state index contributed by atoms with van der Waals surface area (Å²) in [7, 11) is 1.61. The van der Waals surface area contributed by atoms with Crippen LogP contribution in [-0.2, 0) is 14.3 Å². The van der Waals surface area contributed by atoms with E-state index in [0.717, 1.165) is 6.42 Å². The Kier molecular flexibility index (Phi) is 6.31. The van der Waals surface area contributed by atoms with E-state index in [4.69, 9.17) is 14.2 Å². The molecule has 3 heterocycles. The average Bonchev–Trinajstić information content (AvgIpc) is 2.98. The van der Waals surface area contributed by atoms with Crippen molar-refractivity contribution in [2.24, 2.45) is 5.41 Å². The largest absolute Gasteiger partial charge is 0.475 e. The van der Waals surface area contributed by atoms with E-state index in [1.165, 1.54) is 0 Å². The number of methoxy groups -OCH3 is 1. The van der Waals surface area contributed by atoms with Crippen molar-refractivity contribution < 1.29 is 23.8 Å². The molecule has 8 nitrogen and oxygen atoms in total. The first kappa shape index (κ1) is 21.4. The van der Waals surface area contributed by atoms with Gasteiger partial charge in [-0.05, 0) is 46.1 Å². The van der Waals surface area contributed by atoms with Crippen molar-refractivity contribution in [2.45, 2.75) is 45.6 Å². The van der Waals surface area contributed by atoms with Gasteiger partial charge in [-0.15, -0.1) is 0 Å². The zero-order chi connectivity index (χ0) is 21.1. The Labute approximate surface area is 172 Å². The molecule has 0 aromatic carbocycles. The van der Waals surface area contributed by atoms with Crippen LogP contribution in [0, 0.1) is 5.41 Å². The molecule has 0 N–H and O–H groups in total. The van der Waals surface area contributed by atoms with Crippen molar-refractivity contribution in [1.82, 2.24) is 9.88 Å². The van der Waals surface area contributed by atoms with Crippen molar-refractivity contribution in [3.05, 3.63) is 18.2 Å². The monoisotopic (exact) mass is 405 g/mol. The second-order valence-corrected chi connectivity index (χ2v) is 8.63. The molecule has 0 saturated carbocycles. The summed E-state index contributed by atoms with van der Waals surface area (Å²) in [6.07, 6.45) is 1.75. The Balaban J connectivity index is 1.62. The fraction of sp³-hybridized carbons (Fsp3) is 0.667. The average molecular weight is 405 g/mol. The highest BCUT2D eigenvalue weighted by atomic mass is 16.6. The van der Waals surface area contributed by atoms with E-state index in [9.17, 15) is 9.59 Å². The number of hydrogen-bond acceptors (Lipinski definition) is 6. The van der Waals surface area contributed by atoms with Gasteiger partial charge in [0.25, 0.3) is 0 Å². The van der Waals surface area contributed by atoms with Crippen molar-refractivity contribution in [2.75, 3.05) is 44.9 Å². The zero-order valence-electron chi connectivity index (χ0n) is 17.8. The summed E-state index contributed by atoms with van der Waals surface area (Å²) in [4.78, 5) is 33.5. The molecule has 1 spiro atoms. The zero-order valence-corrected chi connectivity index (χ0v) is 17.8. The molecule has 2 saturated heterocycles. The van der Waals surface area contributed by atoms with Crippen LogP contribution in [0.3, 0.4) is 0 Å². The van der Waals surface area contributed by atoms with Gasteiger partial charge in [0.1, 0.15) is 18.0 Å². The van der Waals surface area contributed by atoms with Gasteiger partial charge in [-0.1, -0.05) is 6.07 Å². The summed E-state index contributed by atoms with van der Waals surface area (Å²) in [5.41, 5.74) is -0.943. The van der Waals surface area contributed by atoms with Crippen molar-refractivity contribution >= 4 is 17.8 Å². The number of likely N-dealkylation sites (tertiary alicyclic amines) is 1. The molecule has 0 radical (unpaired) electrons. The lowest BCUT2D eigenvalue weighted by molar-refractivity contribution is -0.128. The van der Waals surface area contributed by atoms with Crippen LogP contribution in [0.5, 0.6) is 5.88 Å². The third kappa shape index (κ3) is 4.98. The molecule has 3 rings (SSSR count). The lowest BCUT2D eigenvalue weighted by Gasteiger charge is -2.38. The summed E-state index contributed by atoms with van der Waals surface area (Å²) in [6.45, 7) is 8.14. The molecule has 0 bridgehead atoms. The van der Waals surface area contributed by atoms with Gasteiger partial charge in [-0.2, -0.15) is 4.98 Å². The molecular weight excluding hydrogens is 374 g/mol. The van der Waals surface area contributed by atoms with E-state index in [1.807, 2.05) is 32.9 Å². The highest BCUT2D eigenvalue weighted by molar-refractivity contribution is 5.99. The predicted octanol–water partition coefficient (Wildman–Crippen LogP) is 2.86. The maximum Gasteiger partial charge on any atom is 0.410 e. The molecule has 0 aliphatic carbocycles. The number of carbonyl (C=O) groups is 2. The third-order valence-corrected chi connectivity index (χ3v) is 5.41. The molecule has 2 aliphatic rings. The Morgan fingerprint density at radius 1 is 1.14 bits per heavy atom. The van der Waals surface area contributed by atoms with E-state index >= 15 is 0 Å². The highest BCUT2D eigenvalue weighted by Gasteiger charge is 2.49.